The normalized spacial score (nSPS) is 19.5. The molecule has 1 aliphatic heterocycles. The van der Waals surface area contributed by atoms with Crippen LogP contribution in [-0.2, 0) is 29.4 Å². The van der Waals surface area contributed by atoms with Gasteiger partial charge in [-0.15, -0.1) is 0 Å². The van der Waals surface area contributed by atoms with Gasteiger partial charge in [-0.2, -0.15) is 5.10 Å². The van der Waals surface area contributed by atoms with Gasteiger partial charge in [0.15, 0.2) is 0 Å². The zero-order valence-corrected chi connectivity index (χ0v) is 16.1. The molecule has 1 saturated heterocycles. The first-order valence-corrected chi connectivity index (χ1v) is 9.66. The van der Waals surface area contributed by atoms with Crippen LogP contribution in [0.4, 0.5) is 0 Å². The molecule has 1 atom stereocenters. The maximum Gasteiger partial charge on any atom is 0.226 e. The number of hydrogen-bond donors (Lipinski definition) is 0. The number of likely N-dealkylation sites (tertiary alicyclic amines) is 1. The van der Waals surface area contributed by atoms with Crippen LogP contribution in [0, 0.1) is 5.92 Å². The smallest absolute Gasteiger partial charge is 0.226 e. The average Bonchev–Trinajstić information content (AvgIpc) is 3.02. The molecule has 2 heterocycles. The van der Waals surface area contributed by atoms with E-state index in [0.29, 0.717) is 25.0 Å². The van der Waals surface area contributed by atoms with E-state index in [1.54, 1.807) is 7.11 Å². The van der Waals surface area contributed by atoms with Gasteiger partial charge in [-0.3, -0.25) is 9.48 Å². The number of amides is 1. The van der Waals surface area contributed by atoms with Crippen molar-refractivity contribution in [1.29, 1.82) is 0 Å². The fourth-order valence-electron chi connectivity index (χ4n) is 4.06. The number of aryl methyl sites for hydroxylation is 2. The molecular formula is C21H27N3O3. The molecule has 0 radical (unpaired) electrons. The number of ether oxygens (including phenoxy) is 2. The monoisotopic (exact) mass is 369 g/mol. The molecule has 6 nitrogen and oxygen atoms in total. The van der Waals surface area contributed by atoms with Crippen molar-refractivity contribution in [1.82, 2.24) is 14.7 Å². The molecule has 6 heteroatoms. The minimum Gasteiger partial charge on any atom is -0.491 e. The zero-order valence-electron chi connectivity index (χ0n) is 16.1. The molecule has 0 N–H and O–H groups in total. The number of hydrogen-bond acceptors (Lipinski definition) is 4. The molecule has 27 heavy (non-hydrogen) atoms. The number of carbonyl (C=O) groups is 1. The lowest BCUT2D eigenvalue weighted by Crippen LogP contribution is -2.51. The van der Waals surface area contributed by atoms with E-state index in [2.05, 4.69) is 17.2 Å². The third-order valence-electron chi connectivity index (χ3n) is 5.80. The number of methoxy groups -OCH3 is 1. The van der Waals surface area contributed by atoms with Crippen LogP contribution in [-0.4, -0.2) is 54.0 Å². The van der Waals surface area contributed by atoms with Gasteiger partial charge in [-0.1, -0.05) is 12.1 Å². The zero-order chi connectivity index (χ0) is 18.8. The first-order chi connectivity index (χ1) is 13.2. The number of aromatic nitrogens is 2. The van der Waals surface area contributed by atoms with Crippen LogP contribution in [0.2, 0.25) is 0 Å². The van der Waals surface area contributed by atoms with Crippen LogP contribution in [0.3, 0.4) is 0 Å². The molecule has 144 valence electrons. The van der Waals surface area contributed by atoms with Crippen molar-refractivity contribution in [3.05, 3.63) is 47.3 Å². The Morgan fingerprint density at radius 1 is 1.22 bits per heavy atom. The Balaban J connectivity index is 1.29. The summed E-state index contributed by atoms with van der Waals surface area (Å²) in [5.74, 6) is 1.69. The highest BCUT2D eigenvalue weighted by Crippen LogP contribution is 2.32. The van der Waals surface area contributed by atoms with E-state index in [4.69, 9.17) is 9.47 Å². The lowest BCUT2D eigenvalue weighted by molar-refractivity contribution is -0.140. The van der Waals surface area contributed by atoms with Gasteiger partial charge in [0.05, 0.1) is 12.8 Å². The Labute approximate surface area is 160 Å². The van der Waals surface area contributed by atoms with E-state index in [-0.39, 0.29) is 5.92 Å². The summed E-state index contributed by atoms with van der Waals surface area (Å²) < 4.78 is 12.5. The van der Waals surface area contributed by atoms with Crippen LogP contribution < -0.4 is 4.74 Å². The van der Waals surface area contributed by atoms with Gasteiger partial charge in [0.1, 0.15) is 12.4 Å². The molecule has 0 spiro atoms. The van der Waals surface area contributed by atoms with E-state index in [1.807, 2.05) is 35.0 Å². The van der Waals surface area contributed by atoms with Crippen molar-refractivity contribution in [3.63, 3.8) is 0 Å². The van der Waals surface area contributed by atoms with E-state index in [9.17, 15) is 4.79 Å². The molecular weight excluding hydrogens is 342 g/mol. The first-order valence-electron chi connectivity index (χ1n) is 9.66. The van der Waals surface area contributed by atoms with Crippen molar-refractivity contribution in [2.75, 3.05) is 33.4 Å². The Bertz CT molecular complexity index is 794. The van der Waals surface area contributed by atoms with Gasteiger partial charge in [0.25, 0.3) is 0 Å². The quantitative estimate of drug-likeness (QED) is 0.733. The molecule has 1 amide bonds. The van der Waals surface area contributed by atoms with Crippen molar-refractivity contribution in [2.45, 2.75) is 25.2 Å². The number of fused-ring (bicyclic) bond motifs is 1. The lowest BCUT2D eigenvalue weighted by atomic mass is 9.84. The van der Waals surface area contributed by atoms with E-state index >= 15 is 0 Å². The van der Waals surface area contributed by atoms with Crippen molar-refractivity contribution in [2.24, 2.45) is 13.0 Å². The number of benzene rings is 1. The lowest BCUT2D eigenvalue weighted by Gasteiger charge is -2.42. The predicted octanol–water partition coefficient (Wildman–Crippen LogP) is 2.18. The highest BCUT2D eigenvalue weighted by Gasteiger charge is 2.37. The summed E-state index contributed by atoms with van der Waals surface area (Å²) in [6, 6.07) is 8.22. The van der Waals surface area contributed by atoms with Gasteiger partial charge >= 0.3 is 0 Å². The van der Waals surface area contributed by atoms with Gasteiger partial charge in [0, 0.05) is 51.2 Å². The van der Waals surface area contributed by atoms with E-state index in [1.165, 1.54) is 16.8 Å². The molecule has 2 aliphatic rings. The molecule has 2 aromatic rings. The van der Waals surface area contributed by atoms with Crippen molar-refractivity contribution >= 4 is 5.91 Å². The summed E-state index contributed by atoms with van der Waals surface area (Å²) >= 11 is 0. The summed E-state index contributed by atoms with van der Waals surface area (Å²) in [6.07, 6.45) is 4.66. The Kier molecular flexibility index (Phi) is 5.16. The fraction of sp³-hybridized carbons (Fsp3) is 0.524. The van der Waals surface area contributed by atoms with Gasteiger partial charge in [-0.25, -0.2) is 0 Å². The third-order valence-corrected chi connectivity index (χ3v) is 5.80. The van der Waals surface area contributed by atoms with Crippen LogP contribution in [0.15, 0.2) is 30.5 Å². The van der Waals surface area contributed by atoms with Crippen molar-refractivity contribution < 1.29 is 14.3 Å². The minimum atomic E-state index is 0.102. The van der Waals surface area contributed by atoms with Crippen LogP contribution in [0.1, 0.15) is 29.2 Å². The van der Waals surface area contributed by atoms with Gasteiger partial charge in [0.2, 0.25) is 5.91 Å². The Morgan fingerprint density at radius 3 is 2.74 bits per heavy atom. The Morgan fingerprint density at radius 2 is 2.00 bits per heavy atom. The topological polar surface area (TPSA) is 56.6 Å². The molecule has 1 fully saturated rings. The minimum absolute atomic E-state index is 0.102. The molecule has 1 aliphatic carbocycles. The third kappa shape index (κ3) is 3.72. The van der Waals surface area contributed by atoms with Crippen LogP contribution in [0.5, 0.6) is 5.75 Å². The van der Waals surface area contributed by atoms with Crippen LogP contribution >= 0.6 is 0 Å². The summed E-state index contributed by atoms with van der Waals surface area (Å²) in [6.45, 7) is 2.78. The van der Waals surface area contributed by atoms with Gasteiger partial charge < -0.3 is 14.4 Å². The number of nitrogens with zero attached hydrogens (tertiary/aromatic N) is 3. The van der Waals surface area contributed by atoms with E-state index < -0.39 is 0 Å². The fourth-order valence-corrected chi connectivity index (χ4v) is 4.06. The van der Waals surface area contributed by atoms with Gasteiger partial charge in [-0.05, 0) is 36.1 Å². The molecule has 0 saturated carbocycles. The maximum absolute atomic E-state index is 12.9. The van der Waals surface area contributed by atoms with Crippen LogP contribution in [0.25, 0.3) is 0 Å². The predicted molar refractivity (Wildman–Crippen MR) is 102 cm³/mol. The second-order valence-corrected chi connectivity index (χ2v) is 7.53. The first kappa shape index (κ1) is 18.0. The highest BCUT2D eigenvalue weighted by molar-refractivity contribution is 5.80. The summed E-state index contributed by atoms with van der Waals surface area (Å²) in [5.41, 5.74) is 3.80. The standard InChI is InChI=1S/C21H27N3O3/c1-23-20-11-16(3-4-17(20)12-22-23)21(25)24-13-18(14-24)15-5-7-19(8-6-15)27-10-9-26-2/h5-8,12,16,18H,3-4,9-11,13-14H2,1-2H3. The van der Waals surface area contributed by atoms with E-state index in [0.717, 1.165) is 38.1 Å². The Hall–Kier alpha value is -2.34. The summed E-state index contributed by atoms with van der Waals surface area (Å²) in [5, 5.41) is 4.33. The molecule has 0 bridgehead atoms. The SMILES string of the molecule is COCCOc1ccc(C2CN(C(=O)C3CCc4cnn(C)c4C3)C2)cc1. The number of rotatable bonds is 6. The molecule has 1 aromatic heterocycles. The molecule has 1 unspecified atom stereocenters. The average molecular weight is 369 g/mol. The molecule has 4 rings (SSSR count). The second kappa shape index (κ2) is 7.72. The summed E-state index contributed by atoms with van der Waals surface area (Å²) in [4.78, 5) is 14.9. The van der Waals surface area contributed by atoms with Crippen molar-refractivity contribution in [3.8, 4) is 5.75 Å². The molecule has 1 aromatic carbocycles. The largest absolute Gasteiger partial charge is 0.491 e. The number of carbonyl (C=O) groups excluding carboxylic acids is 1. The highest BCUT2D eigenvalue weighted by atomic mass is 16.5. The summed E-state index contributed by atoms with van der Waals surface area (Å²) in [7, 11) is 3.63. The maximum atomic E-state index is 12.9. The second-order valence-electron chi connectivity index (χ2n) is 7.53.